The smallest absolute Gasteiger partial charge is 0.205 e. The topological polar surface area (TPSA) is 12.4 Å². The third-order valence-electron chi connectivity index (χ3n) is 1.61. The molecule has 0 aromatic heterocycles. The zero-order valence-electron chi connectivity index (χ0n) is 7.04. The van der Waals surface area contributed by atoms with Crippen LogP contribution < -0.4 is 0 Å². The highest BCUT2D eigenvalue weighted by Crippen LogP contribution is 2.09. The minimum absolute atomic E-state index is 0.604. The van der Waals surface area contributed by atoms with E-state index >= 15 is 0 Å². The van der Waals surface area contributed by atoms with Crippen LogP contribution in [0.2, 0.25) is 0 Å². The first kappa shape index (κ1) is 8.03. The van der Waals surface area contributed by atoms with Gasteiger partial charge in [0.1, 0.15) is 18.8 Å². The van der Waals surface area contributed by atoms with Gasteiger partial charge in [0.05, 0.1) is 6.20 Å². The fraction of sp³-hybridized carbons (Fsp3) is 0.444. The van der Waals surface area contributed by atoms with Gasteiger partial charge in [0, 0.05) is 6.92 Å². The third-order valence-corrected chi connectivity index (χ3v) is 1.61. The van der Waals surface area contributed by atoms with E-state index in [9.17, 15) is 0 Å². The molecule has 1 unspecified atom stereocenters. The van der Waals surface area contributed by atoms with Crippen molar-refractivity contribution in [2.45, 2.75) is 20.3 Å². The Hall–Kier alpha value is -1.07. The Labute approximate surface area is 67.8 Å². The maximum absolute atomic E-state index is 4.04. The molecule has 1 aliphatic heterocycles. The van der Waals surface area contributed by atoms with Crippen LogP contribution >= 0.6 is 0 Å². The summed E-state index contributed by atoms with van der Waals surface area (Å²) in [5.41, 5.74) is 0. The second-order valence-electron chi connectivity index (χ2n) is 2.58. The summed E-state index contributed by atoms with van der Waals surface area (Å²) in [6, 6.07) is 3.11. The van der Waals surface area contributed by atoms with Crippen molar-refractivity contribution >= 4 is 6.34 Å². The van der Waals surface area contributed by atoms with E-state index in [-0.39, 0.29) is 0 Å². The molecule has 58 valence electrons. The predicted octanol–water partition coefficient (Wildman–Crippen LogP) is 1.71. The van der Waals surface area contributed by atoms with Crippen molar-refractivity contribution < 1.29 is 4.48 Å². The van der Waals surface area contributed by atoms with Gasteiger partial charge < -0.3 is 0 Å². The Bertz CT molecular complexity index is 228. The van der Waals surface area contributed by atoms with Crippen LogP contribution in [0.5, 0.6) is 0 Å². The van der Waals surface area contributed by atoms with Crippen LogP contribution in [0.25, 0.3) is 0 Å². The highest BCUT2D eigenvalue weighted by molar-refractivity contribution is 5.52. The van der Waals surface area contributed by atoms with Crippen molar-refractivity contribution in [3.63, 3.8) is 0 Å². The number of aliphatic imine (C=N–C) groups is 1. The fourth-order valence-corrected chi connectivity index (χ4v) is 1.19. The van der Waals surface area contributed by atoms with Gasteiger partial charge in [-0.25, -0.2) is 4.99 Å². The molecule has 0 saturated heterocycles. The summed E-state index contributed by atoms with van der Waals surface area (Å²) in [4.78, 5) is 4.04. The molecule has 0 fully saturated rings. The first-order chi connectivity index (χ1) is 5.33. The lowest BCUT2D eigenvalue weighted by Crippen LogP contribution is -2.34. The first-order valence-electron chi connectivity index (χ1n) is 3.86. The molecule has 1 atom stereocenters. The van der Waals surface area contributed by atoms with Crippen molar-refractivity contribution in [3.8, 4) is 12.0 Å². The summed E-state index contributed by atoms with van der Waals surface area (Å²) in [5.74, 6) is 2.92. The largest absolute Gasteiger partial charge is 0.208 e. The highest BCUT2D eigenvalue weighted by atomic mass is 15.4. The van der Waals surface area contributed by atoms with Gasteiger partial charge in [0.25, 0.3) is 0 Å². The van der Waals surface area contributed by atoms with Gasteiger partial charge >= 0.3 is 0 Å². The number of nitrogens with zero attached hydrogens (tertiary/aromatic N) is 2. The Balaban J connectivity index is 2.77. The van der Waals surface area contributed by atoms with Crippen LogP contribution in [0.4, 0.5) is 0 Å². The summed E-state index contributed by atoms with van der Waals surface area (Å²) in [6.45, 7) is 5.02. The monoisotopic (exact) mass is 149 g/mol. The van der Waals surface area contributed by atoms with E-state index < -0.39 is 0 Å². The molecule has 0 aromatic rings. The quantitative estimate of drug-likeness (QED) is 0.418. The van der Waals surface area contributed by atoms with Crippen LogP contribution in [-0.2, 0) is 0 Å². The maximum Gasteiger partial charge on any atom is 0.208 e. The number of hydrogen-bond acceptors (Lipinski definition) is 1. The zero-order valence-corrected chi connectivity index (χ0v) is 7.04. The van der Waals surface area contributed by atoms with Crippen LogP contribution in [0.3, 0.4) is 0 Å². The van der Waals surface area contributed by atoms with E-state index in [1.54, 1.807) is 6.20 Å². The Morgan fingerprint density at radius 3 is 2.82 bits per heavy atom. The van der Waals surface area contributed by atoms with Gasteiger partial charge in [-0.05, 0) is 12.3 Å². The Morgan fingerprint density at radius 2 is 2.36 bits per heavy atom. The van der Waals surface area contributed by atoms with Gasteiger partial charge in [0.15, 0.2) is 0 Å². The van der Waals surface area contributed by atoms with Gasteiger partial charge in [-0.1, -0.05) is 6.92 Å². The molecular formula is C9H13N2+. The summed E-state index contributed by atoms with van der Waals surface area (Å²) < 4.78 is 0.604. The molecule has 0 aromatic carbocycles. The minimum atomic E-state index is 0.604. The van der Waals surface area contributed by atoms with Crippen molar-refractivity contribution in [1.82, 2.24) is 0 Å². The molecule has 1 heterocycles. The van der Waals surface area contributed by atoms with E-state index in [4.69, 9.17) is 0 Å². The molecule has 0 radical (unpaired) electrons. The molecule has 1 rings (SSSR count). The molecule has 2 nitrogen and oxygen atoms in total. The van der Waals surface area contributed by atoms with E-state index in [1.165, 1.54) is 0 Å². The number of rotatable bonds is 2. The molecule has 0 N–H and O–H groups in total. The van der Waals surface area contributed by atoms with Gasteiger partial charge in [-0.2, -0.15) is 4.48 Å². The van der Waals surface area contributed by atoms with Crippen LogP contribution in [-0.4, -0.2) is 17.4 Å². The van der Waals surface area contributed by atoms with Crippen LogP contribution in [0.15, 0.2) is 17.4 Å². The zero-order chi connectivity index (χ0) is 8.16. The Morgan fingerprint density at radius 1 is 1.55 bits per heavy atom. The molecule has 1 aliphatic rings. The van der Waals surface area contributed by atoms with E-state index in [2.05, 4.69) is 23.9 Å². The van der Waals surface area contributed by atoms with Gasteiger partial charge in [0.2, 0.25) is 6.34 Å². The Kier molecular flexibility index (Phi) is 2.45. The van der Waals surface area contributed by atoms with Crippen molar-refractivity contribution in [2.24, 2.45) is 4.99 Å². The number of hydrogen-bond donors (Lipinski definition) is 0. The molecule has 0 spiro atoms. The van der Waals surface area contributed by atoms with Crippen molar-refractivity contribution in [2.75, 3.05) is 6.54 Å². The second kappa shape index (κ2) is 3.36. The average Bonchev–Trinajstić information content (AvgIpc) is 2.39. The van der Waals surface area contributed by atoms with Crippen molar-refractivity contribution in [3.05, 3.63) is 12.4 Å². The normalized spacial score (nSPS) is 26.7. The highest BCUT2D eigenvalue weighted by Gasteiger charge is 2.22. The molecule has 2 heteroatoms. The fourth-order valence-electron chi connectivity index (χ4n) is 1.19. The SMILES string of the molecule is CC#C[N+]1(CCC)C=CN=C1. The average molecular weight is 149 g/mol. The predicted molar refractivity (Wildman–Crippen MR) is 46.5 cm³/mol. The lowest BCUT2D eigenvalue weighted by atomic mass is 10.4. The van der Waals surface area contributed by atoms with Gasteiger partial charge in [-0.15, -0.1) is 0 Å². The molecule has 0 saturated carbocycles. The second-order valence-corrected chi connectivity index (χ2v) is 2.58. The summed E-state index contributed by atoms with van der Waals surface area (Å²) >= 11 is 0. The standard InChI is InChI=1S/C9H13N2/c1-3-6-11(7-4-2)8-5-10-9-11/h5,8-9H,3,6H2,1-2H3/q+1. The molecule has 11 heavy (non-hydrogen) atoms. The third kappa shape index (κ3) is 1.69. The van der Waals surface area contributed by atoms with E-state index in [0.717, 1.165) is 13.0 Å². The first-order valence-corrected chi connectivity index (χ1v) is 3.86. The molecule has 0 bridgehead atoms. The lowest BCUT2D eigenvalue weighted by Gasteiger charge is -2.17. The maximum atomic E-state index is 4.04. The minimum Gasteiger partial charge on any atom is -0.205 e. The summed E-state index contributed by atoms with van der Waals surface area (Å²) in [7, 11) is 0. The molecule has 0 aliphatic carbocycles. The molecule has 0 amide bonds. The lowest BCUT2D eigenvalue weighted by molar-refractivity contribution is -0.703. The van der Waals surface area contributed by atoms with E-state index in [0.29, 0.717) is 4.48 Å². The molecular weight excluding hydrogens is 136 g/mol. The van der Waals surface area contributed by atoms with Crippen LogP contribution in [0, 0.1) is 12.0 Å². The van der Waals surface area contributed by atoms with Crippen LogP contribution in [0.1, 0.15) is 20.3 Å². The van der Waals surface area contributed by atoms with Gasteiger partial charge in [-0.3, -0.25) is 0 Å². The summed E-state index contributed by atoms with van der Waals surface area (Å²) in [6.07, 6.45) is 6.81. The number of quaternary nitrogens is 1. The summed E-state index contributed by atoms with van der Waals surface area (Å²) in [5, 5.41) is 0. The van der Waals surface area contributed by atoms with E-state index in [1.807, 2.05) is 19.5 Å². The van der Waals surface area contributed by atoms with Crippen molar-refractivity contribution in [1.29, 1.82) is 0 Å².